The van der Waals surface area contributed by atoms with Crippen molar-refractivity contribution in [2.24, 2.45) is 0 Å². The first-order valence-corrected chi connectivity index (χ1v) is 1.48. The van der Waals surface area contributed by atoms with E-state index in [1.54, 1.807) is 0 Å². The summed E-state index contributed by atoms with van der Waals surface area (Å²) in [5.41, 5.74) is 0. The average molecular weight is 216 g/mol. The van der Waals surface area contributed by atoms with E-state index in [1.165, 1.54) is 0 Å². The molecule has 1 atom stereocenters. The Bertz CT molecular complexity index is 49.7. The first kappa shape index (κ1) is 23.1. The molecule has 6 nitrogen and oxygen atoms in total. The molecule has 0 bridgehead atoms. The van der Waals surface area contributed by atoms with E-state index in [2.05, 4.69) is 0 Å². The summed E-state index contributed by atoms with van der Waals surface area (Å²) >= 11 is 0. The van der Waals surface area contributed by atoms with Crippen molar-refractivity contribution >= 4 is 37.4 Å². The molecular weight excluding hydrogens is 207 g/mol. The van der Waals surface area contributed by atoms with Crippen LogP contribution in [0.15, 0.2) is 0 Å². The third-order valence-electron chi connectivity index (χ3n) is 0. The molecule has 10 heavy (non-hydrogen) atoms. The Kier molecular flexibility index (Phi) is 230. The zero-order valence-electron chi connectivity index (χ0n) is 5.01. The van der Waals surface area contributed by atoms with Crippen LogP contribution in [0, 0.1) is 0 Å². The average Bonchev–Trinajstić information content (AvgIpc) is 1.70. The van der Waals surface area contributed by atoms with Gasteiger partial charge in [-0.05, 0) is 0 Å². The molecule has 0 heterocycles. The standard InChI is InChI=1S/3CH2O2.AsH3/c3*2-1-3;/h3*1H,(H,2,3);1H3. The van der Waals surface area contributed by atoms with Crippen LogP contribution in [-0.4, -0.2) is 52.7 Å². The molecule has 0 aromatic heterocycles. The molecule has 7 heteroatoms. The molecule has 0 spiro atoms. The molecule has 1 unspecified atom stereocenters. The summed E-state index contributed by atoms with van der Waals surface area (Å²) in [6.07, 6.45) is 0. The zero-order valence-corrected chi connectivity index (χ0v) is 7.97. The van der Waals surface area contributed by atoms with Gasteiger partial charge in [-0.3, -0.25) is 14.4 Å². The van der Waals surface area contributed by atoms with E-state index in [1.807, 2.05) is 0 Å². The Morgan fingerprint density at radius 1 is 0.700 bits per heavy atom. The zero-order chi connectivity index (χ0) is 8.12. The molecule has 0 rings (SSSR count). The molecule has 0 saturated heterocycles. The van der Waals surface area contributed by atoms with Crippen molar-refractivity contribution in [3.05, 3.63) is 0 Å². The molecule has 62 valence electrons. The van der Waals surface area contributed by atoms with E-state index in [0.29, 0.717) is 0 Å². The van der Waals surface area contributed by atoms with E-state index < -0.39 is 0 Å². The third kappa shape index (κ3) is 233. The van der Waals surface area contributed by atoms with E-state index in [0.717, 1.165) is 0 Å². The van der Waals surface area contributed by atoms with Crippen molar-refractivity contribution in [2.45, 2.75) is 0 Å². The summed E-state index contributed by atoms with van der Waals surface area (Å²) in [6.45, 7) is -0.750. The van der Waals surface area contributed by atoms with Crippen LogP contribution >= 0.6 is 0 Å². The van der Waals surface area contributed by atoms with Crippen LogP contribution in [0.3, 0.4) is 0 Å². The van der Waals surface area contributed by atoms with Gasteiger partial charge >= 0.3 is 18.0 Å². The van der Waals surface area contributed by atoms with Gasteiger partial charge in [0.1, 0.15) is 0 Å². The number of rotatable bonds is 0. The van der Waals surface area contributed by atoms with Gasteiger partial charge in [-0.1, -0.05) is 0 Å². The van der Waals surface area contributed by atoms with Gasteiger partial charge in [0.15, 0.2) is 0 Å². The van der Waals surface area contributed by atoms with Gasteiger partial charge in [0.05, 0.1) is 0 Å². The second kappa shape index (κ2) is 99.9. The second-order valence-corrected chi connectivity index (χ2v) is 0.316. The molecule has 0 saturated carbocycles. The SMILES string of the molecule is O=CO.O=CO.O=CO.[AsH3]. The van der Waals surface area contributed by atoms with Crippen LogP contribution in [-0.2, 0) is 14.4 Å². The number of hydrogen-bond acceptors (Lipinski definition) is 3. The molecule has 0 radical (unpaired) electrons. The Labute approximate surface area is 67.8 Å². The van der Waals surface area contributed by atoms with Crippen molar-refractivity contribution in [3.63, 3.8) is 0 Å². The number of carboxylic acid groups (broad SMARTS) is 3. The fourth-order valence-electron chi connectivity index (χ4n) is 0. The fourth-order valence-corrected chi connectivity index (χ4v) is 0. The Balaban J connectivity index is -0.0000000257. The van der Waals surface area contributed by atoms with Gasteiger partial charge in [-0.15, -0.1) is 0 Å². The van der Waals surface area contributed by atoms with Gasteiger partial charge in [0.2, 0.25) is 0 Å². The predicted molar refractivity (Wildman–Crippen MR) is 36.0 cm³/mol. The van der Waals surface area contributed by atoms with Gasteiger partial charge in [-0.2, -0.15) is 0 Å². The molecular formula is C3H9AsO6. The molecule has 0 aromatic rings. The summed E-state index contributed by atoms with van der Waals surface area (Å²) in [5, 5.41) is 20.7. The molecule has 0 aliphatic heterocycles. The van der Waals surface area contributed by atoms with Crippen molar-refractivity contribution in [1.82, 2.24) is 0 Å². The maximum absolute atomic E-state index is 8.36. The molecule has 0 amide bonds. The quantitative estimate of drug-likeness (QED) is 0.316. The van der Waals surface area contributed by atoms with Gasteiger partial charge < -0.3 is 15.3 Å². The summed E-state index contributed by atoms with van der Waals surface area (Å²) < 4.78 is 0. The van der Waals surface area contributed by atoms with Crippen LogP contribution < -0.4 is 0 Å². The van der Waals surface area contributed by atoms with Gasteiger partial charge in [0, 0.05) is 0 Å². The van der Waals surface area contributed by atoms with Crippen molar-refractivity contribution in [3.8, 4) is 0 Å². The van der Waals surface area contributed by atoms with Crippen LogP contribution in [0.5, 0.6) is 0 Å². The summed E-state index contributed by atoms with van der Waals surface area (Å²) in [5.74, 6) is 0. The Morgan fingerprint density at radius 3 is 0.700 bits per heavy atom. The van der Waals surface area contributed by atoms with Crippen LogP contribution in [0.1, 0.15) is 0 Å². The number of hydrogen-bond donors (Lipinski definition) is 3. The van der Waals surface area contributed by atoms with Crippen LogP contribution in [0.25, 0.3) is 0 Å². The molecule has 3 N–H and O–H groups in total. The van der Waals surface area contributed by atoms with Crippen LogP contribution in [0.2, 0.25) is 0 Å². The summed E-state index contributed by atoms with van der Waals surface area (Å²) in [4.78, 5) is 25.1. The fraction of sp³-hybridized carbons (Fsp3) is 0. The predicted octanol–water partition coefficient (Wildman–Crippen LogP) is -2.08. The van der Waals surface area contributed by atoms with Gasteiger partial charge in [0.25, 0.3) is 19.4 Å². The molecule has 0 aliphatic carbocycles. The molecule has 0 aromatic carbocycles. The van der Waals surface area contributed by atoms with Crippen molar-refractivity contribution in [1.29, 1.82) is 0 Å². The normalized spacial score (nSPS) is 3.60. The topological polar surface area (TPSA) is 112 Å². The second-order valence-electron chi connectivity index (χ2n) is 0.316. The minimum atomic E-state index is -0.250. The summed E-state index contributed by atoms with van der Waals surface area (Å²) in [6, 6.07) is 0. The van der Waals surface area contributed by atoms with E-state index >= 15 is 0 Å². The summed E-state index contributed by atoms with van der Waals surface area (Å²) in [7, 11) is 0. The van der Waals surface area contributed by atoms with Crippen molar-refractivity contribution < 1.29 is 29.7 Å². The van der Waals surface area contributed by atoms with Crippen molar-refractivity contribution in [2.75, 3.05) is 0 Å². The Hall–Kier alpha value is -1.03. The third-order valence-corrected chi connectivity index (χ3v) is 0. The molecule has 0 aliphatic rings. The first-order chi connectivity index (χ1) is 4.24. The maximum atomic E-state index is 8.36. The number of carbonyl (C=O) groups is 3. The first-order valence-electron chi connectivity index (χ1n) is 1.48. The van der Waals surface area contributed by atoms with E-state index in [-0.39, 0.29) is 37.4 Å². The van der Waals surface area contributed by atoms with E-state index in [4.69, 9.17) is 29.7 Å². The van der Waals surface area contributed by atoms with Gasteiger partial charge in [-0.25, -0.2) is 0 Å². The Morgan fingerprint density at radius 2 is 0.700 bits per heavy atom. The monoisotopic (exact) mass is 216 g/mol. The minimum absolute atomic E-state index is 0. The van der Waals surface area contributed by atoms with E-state index in [9.17, 15) is 0 Å². The van der Waals surface area contributed by atoms with Crippen LogP contribution in [0.4, 0.5) is 0 Å². The molecule has 0 fully saturated rings.